The van der Waals surface area contributed by atoms with Gasteiger partial charge < -0.3 is 10.8 Å². The van der Waals surface area contributed by atoms with Crippen molar-refractivity contribution in [3.8, 4) is 11.1 Å². The molecular formula is C13H15N3O2. The van der Waals surface area contributed by atoms with Gasteiger partial charge >= 0.3 is 0 Å². The molecule has 0 radical (unpaired) electrons. The summed E-state index contributed by atoms with van der Waals surface area (Å²) in [6.45, 7) is 1.98. The highest BCUT2D eigenvalue weighted by Gasteiger charge is 2.07. The van der Waals surface area contributed by atoms with Crippen LogP contribution in [0.3, 0.4) is 0 Å². The molecule has 5 nitrogen and oxygen atoms in total. The molecule has 1 heterocycles. The fourth-order valence-electron chi connectivity index (χ4n) is 1.73. The minimum absolute atomic E-state index is 0.119. The van der Waals surface area contributed by atoms with Crippen LogP contribution in [-0.4, -0.2) is 21.5 Å². The van der Waals surface area contributed by atoms with E-state index in [0.717, 1.165) is 11.1 Å². The van der Waals surface area contributed by atoms with Crippen LogP contribution in [0.25, 0.3) is 11.1 Å². The Morgan fingerprint density at radius 3 is 2.83 bits per heavy atom. The van der Waals surface area contributed by atoms with Crippen molar-refractivity contribution in [2.45, 2.75) is 13.5 Å². The highest BCUT2D eigenvalue weighted by Crippen LogP contribution is 2.20. The number of hydrogen-bond donors (Lipinski definition) is 2. The van der Waals surface area contributed by atoms with Crippen molar-refractivity contribution >= 4 is 5.69 Å². The number of aliphatic hydroxyl groups is 1. The smallest absolute Gasteiger partial charge is 0.274 e. The van der Waals surface area contributed by atoms with Crippen molar-refractivity contribution in [3.05, 3.63) is 46.4 Å². The molecule has 0 amide bonds. The molecule has 3 N–H and O–H groups in total. The van der Waals surface area contributed by atoms with E-state index in [2.05, 4.69) is 5.10 Å². The SMILES string of the molecule is Cc1ccc(-c2ccnn(CCO)c2=O)cc1N. The number of aliphatic hydroxyl groups excluding tert-OH is 1. The first-order chi connectivity index (χ1) is 8.63. The van der Waals surface area contributed by atoms with E-state index in [1.807, 2.05) is 19.1 Å². The van der Waals surface area contributed by atoms with Crippen LogP contribution in [0.1, 0.15) is 5.56 Å². The van der Waals surface area contributed by atoms with Crippen LogP contribution >= 0.6 is 0 Å². The Morgan fingerprint density at radius 2 is 2.17 bits per heavy atom. The van der Waals surface area contributed by atoms with Crippen molar-refractivity contribution in [2.75, 3.05) is 12.3 Å². The molecule has 0 atom stereocenters. The van der Waals surface area contributed by atoms with Gasteiger partial charge in [-0.1, -0.05) is 12.1 Å². The van der Waals surface area contributed by atoms with Gasteiger partial charge in [0.1, 0.15) is 0 Å². The summed E-state index contributed by atoms with van der Waals surface area (Å²) in [5, 5.41) is 12.8. The Balaban J connectivity index is 2.54. The Hall–Kier alpha value is -2.14. The van der Waals surface area contributed by atoms with Crippen LogP contribution in [0, 0.1) is 6.92 Å². The molecule has 0 saturated carbocycles. The maximum atomic E-state index is 12.1. The van der Waals surface area contributed by atoms with Crippen LogP contribution < -0.4 is 11.3 Å². The average Bonchev–Trinajstić information content (AvgIpc) is 2.36. The summed E-state index contributed by atoms with van der Waals surface area (Å²) in [4.78, 5) is 12.1. The Labute approximate surface area is 104 Å². The van der Waals surface area contributed by atoms with Gasteiger partial charge in [0.2, 0.25) is 0 Å². The van der Waals surface area contributed by atoms with Gasteiger partial charge in [-0.05, 0) is 30.2 Å². The Bertz CT molecular complexity index is 620. The molecule has 1 aromatic heterocycles. The lowest BCUT2D eigenvalue weighted by atomic mass is 10.0. The lowest BCUT2D eigenvalue weighted by Crippen LogP contribution is -2.25. The molecule has 0 aliphatic carbocycles. The molecule has 18 heavy (non-hydrogen) atoms. The summed E-state index contributed by atoms with van der Waals surface area (Å²) < 4.78 is 1.24. The van der Waals surface area contributed by atoms with Crippen LogP contribution in [-0.2, 0) is 6.54 Å². The number of aryl methyl sites for hydroxylation is 1. The molecule has 0 saturated heterocycles. The van der Waals surface area contributed by atoms with Gasteiger partial charge in [-0.15, -0.1) is 0 Å². The van der Waals surface area contributed by atoms with Crippen molar-refractivity contribution < 1.29 is 5.11 Å². The van der Waals surface area contributed by atoms with Crippen LogP contribution in [0.5, 0.6) is 0 Å². The van der Waals surface area contributed by atoms with Gasteiger partial charge in [0, 0.05) is 11.9 Å². The monoisotopic (exact) mass is 245 g/mol. The van der Waals surface area contributed by atoms with Crippen molar-refractivity contribution in [3.63, 3.8) is 0 Å². The zero-order chi connectivity index (χ0) is 13.1. The lowest BCUT2D eigenvalue weighted by Gasteiger charge is -2.07. The van der Waals surface area contributed by atoms with Gasteiger partial charge in [-0.3, -0.25) is 4.79 Å². The predicted molar refractivity (Wildman–Crippen MR) is 70.2 cm³/mol. The van der Waals surface area contributed by atoms with Gasteiger partial charge in [0.15, 0.2) is 0 Å². The number of nitrogen functional groups attached to an aromatic ring is 1. The second-order valence-electron chi connectivity index (χ2n) is 4.07. The normalized spacial score (nSPS) is 10.6. The summed E-state index contributed by atoms with van der Waals surface area (Å²) >= 11 is 0. The van der Waals surface area contributed by atoms with Crippen molar-refractivity contribution in [2.24, 2.45) is 0 Å². The predicted octanol–water partition coefficient (Wildman–Crippen LogP) is 0.793. The largest absolute Gasteiger partial charge is 0.398 e. The number of aromatic nitrogens is 2. The van der Waals surface area contributed by atoms with Gasteiger partial charge in [0.05, 0.1) is 18.7 Å². The van der Waals surface area contributed by atoms with Crippen molar-refractivity contribution in [1.82, 2.24) is 9.78 Å². The molecule has 0 spiro atoms. The molecule has 0 bridgehead atoms. The zero-order valence-electron chi connectivity index (χ0n) is 10.1. The number of nitrogens with zero attached hydrogens (tertiary/aromatic N) is 2. The third-order valence-electron chi connectivity index (χ3n) is 2.81. The first-order valence-corrected chi connectivity index (χ1v) is 5.67. The minimum atomic E-state index is -0.227. The molecule has 0 fully saturated rings. The van der Waals surface area contributed by atoms with E-state index in [4.69, 9.17) is 10.8 Å². The molecule has 0 unspecified atom stereocenters. The number of hydrogen-bond acceptors (Lipinski definition) is 4. The molecule has 0 aliphatic heterocycles. The molecule has 94 valence electrons. The molecule has 2 rings (SSSR count). The van der Waals surface area contributed by atoms with E-state index in [9.17, 15) is 4.79 Å². The zero-order valence-corrected chi connectivity index (χ0v) is 10.1. The average molecular weight is 245 g/mol. The van der Waals surface area contributed by atoms with E-state index >= 15 is 0 Å². The van der Waals surface area contributed by atoms with Crippen LogP contribution in [0.4, 0.5) is 5.69 Å². The number of benzene rings is 1. The molecule has 1 aromatic carbocycles. The van der Waals surface area contributed by atoms with E-state index in [1.165, 1.54) is 4.68 Å². The number of nitrogens with two attached hydrogens (primary N) is 1. The number of anilines is 1. The molecule has 2 aromatic rings. The summed E-state index contributed by atoms with van der Waals surface area (Å²) in [7, 11) is 0. The highest BCUT2D eigenvalue weighted by molar-refractivity contribution is 5.67. The fourth-order valence-corrected chi connectivity index (χ4v) is 1.73. The van der Waals surface area contributed by atoms with E-state index in [-0.39, 0.29) is 18.7 Å². The maximum absolute atomic E-state index is 12.1. The van der Waals surface area contributed by atoms with Crippen LogP contribution in [0.2, 0.25) is 0 Å². The first-order valence-electron chi connectivity index (χ1n) is 5.67. The second kappa shape index (κ2) is 5.01. The summed E-state index contributed by atoms with van der Waals surface area (Å²) in [5.74, 6) is 0. The first kappa shape index (κ1) is 12.3. The quantitative estimate of drug-likeness (QED) is 0.783. The second-order valence-corrected chi connectivity index (χ2v) is 4.07. The standard InChI is InChI=1S/C13H15N3O2/c1-9-2-3-10(8-12(9)14)11-4-5-15-16(6-7-17)13(11)18/h2-5,8,17H,6-7,14H2,1H3. The highest BCUT2D eigenvalue weighted by atomic mass is 16.3. The summed E-state index contributed by atoms with van der Waals surface area (Å²) in [5.41, 5.74) is 8.53. The summed E-state index contributed by atoms with van der Waals surface area (Å²) in [6, 6.07) is 7.16. The van der Waals surface area contributed by atoms with E-state index in [1.54, 1.807) is 18.3 Å². The molecule has 5 heteroatoms. The maximum Gasteiger partial charge on any atom is 0.274 e. The fraction of sp³-hybridized carbons (Fsp3) is 0.231. The number of rotatable bonds is 3. The topological polar surface area (TPSA) is 81.1 Å². The van der Waals surface area contributed by atoms with Gasteiger partial charge in [-0.25, -0.2) is 4.68 Å². The Morgan fingerprint density at radius 1 is 1.39 bits per heavy atom. The van der Waals surface area contributed by atoms with Crippen LogP contribution in [0.15, 0.2) is 35.3 Å². The van der Waals surface area contributed by atoms with E-state index in [0.29, 0.717) is 11.3 Å². The third-order valence-corrected chi connectivity index (χ3v) is 2.81. The summed E-state index contributed by atoms with van der Waals surface area (Å²) in [6.07, 6.45) is 1.54. The van der Waals surface area contributed by atoms with Gasteiger partial charge in [-0.2, -0.15) is 5.10 Å². The lowest BCUT2D eigenvalue weighted by molar-refractivity contribution is 0.266. The third kappa shape index (κ3) is 2.26. The van der Waals surface area contributed by atoms with Gasteiger partial charge in [0.25, 0.3) is 5.56 Å². The van der Waals surface area contributed by atoms with E-state index < -0.39 is 0 Å². The Kier molecular flexibility index (Phi) is 3.43. The minimum Gasteiger partial charge on any atom is -0.398 e. The van der Waals surface area contributed by atoms with Crippen molar-refractivity contribution in [1.29, 1.82) is 0 Å². The molecule has 0 aliphatic rings. The molecular weight excluding hydrogens is 230 g/mol.